The molecule has 1 atom stereocenters. The van der Waals surface area contributed by atoms with Crippen LogP contribution in [-0.2, 0) is 20.8 Å². The number of phenolic OH excluding ortho intramolecular Hbond substituents is 1. The second-order valence-corrected chi connectivity index (χ2v) is 9.35. The highest BCUT2D eigenvalue weighted by Crippen LogP contribution is 2.33. The summed E-state index contributed by atoms with van der Waals surface area (Å²) < 4.78 is 22.2. The molecule has 1 aromatic heterocycles. The molecule has 1 N–H and O–H groups in total. The second-order valence-electron chi connectivity index (χ2n) is 9.35. The number of ether oxygens (including phenoxy) is 3. The first-order valence-electron chi connectivity index (χ1n) is 12.9. The minimum Gasteiger partial charge on any atom is -0.507 e. The van der Waals surface area contributed by atoms with Gasteiger partial charge in [0, 0.05) is 13.1 Å². The van der Waals surface area contributed by atoms with Gasteiger partial charge in [0.25, 0.3) is 0 Å². The van der Waals surface area contributed by atoms with Crippen molar-refractivity contribution >= 4 is 22.9 Å². The summed E-state index contributed by atoms with van der Waals surface area (Å²) in [5.74, 6) is -0.209. The van der Waals surface area contributed by atoms with Crippen molar-refractivity contribution in [3.63, 3.8) is 0 Å². The molecule has 2 aromatic carbocycles. The molecule has 38 heavy (non-hydrogen) atoms. The van der Waals surface area contributed by atoms with E-state index in [0.717, 1.165) is 25.8 Å². The zero-order valence-corrected chi connectivity index (χ0v) is 22.0. The predicted octanol–water partition coefficient (Wildman–Crippen LogP) is 4.94. The van der Waals surface area contributed by atoms with Gasteiger partial charge in [-0.1, -0.05) is 6.92 Å². The Morgan fingerprint density at radius 3 is 2.58 bits per heavy atom. The summed E-state index contributed by atoms with van der Waals surface area (Å²) >= 11 is 0. The van der Waals surface area contributed by atoms with E-state index < -0.39 is 5.97 Å². The number of aromatic hydroxyl groups is 1. The normalized spacial score (nSPS) is 15.8. The highest BCUT2D eigenvalue weighted by atomic mass is 16.5. The van der Waals surface area contributed by atoms with E-state index in [-0.39, 0.29) is 45.5 Å². The third-order valence-corrected chi connectivity index (χ3v) is 6.52. The van der Waals surface area contributed by atoms with Crippen LogP contribution < -0.4 is 10.2 Å². The number of hydrogen-bond acceptors (Lipinski definition) is 9. The zero-order valence-electron chi connectivity index (χ0n) is 22.0. The van der Waals surface area contributed by atoms with Crippen LogP contribution in [0.5, 0.6) is 17.2 Å². The lowest BCUT2D eigenvalue weighted by atomic mass is 9.97. The van der Waals surface area contributed by atoms with Crippen LogP contribution in [0, 0.1) is 12.8 Å². The van der Waals surface area contributed by atoms with Crippen LogP contribution in [0.2, 0.25) is 0 Å². The van der Waals surface area contributed by atoms with Crippen molar-refractivity contribution in [1.82, 2.24) is 4.90 Å². The number of benzene rings is 2. The quantitative estimate of drug-likeness (QED) is 0.389. The van der Waals surface area contributed by atoms with Crippen LogP contribution >= 0.6 is 0 Å². The first-order chi connectivity index (χ1) is 18.3. The molecule has 0 spiro atoms. The molecule has 0 saturated carbocycles. The highest BCUT2D eigenvalue weighted by Gasteiger charge is 2.28. The van der Waals surface area contributed by atoms with Gasteiger partial charge in [-0.25, -0.2) is 4.79 Å². The Hall–Kier alpha value is -3.85. The number of fused-ring (bicyclic) bond motifs is 1. The Bertz CT molecular complexity index is 1360. The van der Waals surface area contributed by atoms with Crippen LogP contribution in [0.3, 0.4) is 0 Å². The predicted molar refractivity (Wildman–Crippen MR) is 141 cm³/mol. The van der Waals surface area contributed by atoms with Gasteiger partial charge in [-0.2, -0.15) is 0 Å². The molecular weight excluding hydrogens is 490 g/mol. The molecule has 1 unspecified atom stereocenters. The molecule has 0 amide bonds. The van der Waals surface area contributed by atoms with E-state index in [0.29, 0.717) is 43.2 Å². The molecule has 9 nitrogen and oxygen atoms in total. The number of carbonyl (C=O) groups is 2. The third kappa shape index (κ3) is 5.99. The number of esters is 2. The largest absolute Gasteiger partial charge is 0.507 e. The molecule has 9 heteroatoms. The van der Waals surface area contributed by atoms with E-state index in [1.165, 1.54) is 12.1 Å². The number of piperidine rings is 1. The number of likely N-dealkylation sites (tertiary alicyclic amines) is 1. The Morgan fingerprint density at radius 1 is 1.11 bits per heavy atom. The SMILES string of the molecule is CCCOC(=O)c1ccc(Oc2c(C)oc3c(CN4CCCC(C(=O)OCC)C4)c(O)ccc3c2=O)cc1. The first-order valence-corrected chi connectivity index (χ1v) is 12.9. The van der Waals surface area contributed by atoms with Gasteiger partial charge in [0.1, 0.15) is 22.8 Å². The maximum absolute atomic E-state index is 13.4. The highest BCUT2D eigenvalue weighted by molar-refractivity contribution is 5.89. The lowest BCUT2D eigenvalue weighted by Crippen LogP contribution is -2.39. The van der Waals surface area contributed by atoms with E-state index >= 15 is 0 Å². The number of nitrogens with zero attached hydrogens (tertiary/aromatic N) is 1. The Labute approximate surface area is 220 Å². The Balaban J connectivity index is 1.58. The zero-order chi connectivity index (χ0) is 27.2. The summed E-state index contributed by atoms with van der Waals surface area (Å²) in [6, 6.07) is 9.30. The van der Waals surface area contributed by atoms with Crippen LogP contribution in [0.1, 0.15) is 54.8 Å². The van der Waals surface area contributed by atoms with Crippen LogP contribution in [0.15, 0.2) is 45.6 Å². The minimum absolute atomic E-state index is 0.0116. The summed E-state index contributed by atoms with van der Waals surface area (Å²) in [6.45, 7) is 7.57. The van der Waals surface area contributed by atoms with Crippen molar-refractivity contribution in [2.45, 2.75) is 46.6 Å². The van der Waals surface area contributed by atoms with Gasteiger partial charge in [0.2, 0.25) is 11.2 Å². The molecule has 1 aliphatic heterocycles. The van der Waals surface area contributed by atoms with Gasteiger partial charge >= 0.3 is 11.9 Å². The lowest BCUT2D eigenvalue weighted by molar-refractivity contribution is -0.150. The molecule has 1 saturated heterocycles. The molecule has 3 aromatic rings. The molecule has 0 radical (unpaired) electrons. The van der Waals surface area contributed by atoms with Gasteiger partial charge in [-0.15, -0.1) is 0 Å². The fraction of sp³-hybridized carbons (Fsp3) is 0.414. The summed E-state index contributed by atoms with van der Waals surface area (Å²) in [7, 11) is 0. The minimum atomic E-state index is -0.422. The van der Waals surface area contributed by atoms with Gasteiger partial charge in [0.05, 0.1) is 35.6 Å². The molecule has 2 heterocycles. The number of hydrogen-bond donors (Lipinski definition) is 1. The van der Waals surface area contributed by atoms with Crippen molar-refractivity contribution in [2.24, 2.45) is 5.92 Å². The molecule has 1 aliphatic rings. The smallest absolute Gasteiger partial charge is 0.338 e. The average molecular weight is 524 g/mol. The van der Waals surface area contributed by atoms with Gasteiger partial charge in [0.15, 0.2) is 0 Å². The standard InChI is InChI=1S/C29H33NO8/c1-4-15-36-28(33)19-8-10-21(11-9-19)38-26-18(3)37-27-22(25(26)32)12-13-24(31)23(27)17-30-14-6-7-20(16-30)29(34)35-5-2/h8-13,20,31H,4-7,14-17H2,1-3H3. The Morgan fingerprint density at radius 2 is 1.87 bits per heavy atom. The van der Waals surface area contributed by atoms with E-state index in [1.807, 2.05) is 6.92 Å². The third-order valence-electron chi connectivity index (χ3n) is 6.52. The van der Waals surface area contributed by atoms with Crippen LogP contribution in [-0.4, -0.2) is 48.2 Å². The van der Waals surface area contributed by atoms with Crippen molar-refractivity contribution < 1.29 is 33.3 Å². The summed E-state index contributed by atoms with van der Waals surface area (Å²) in [5, 5.41) is 10.9. The maximum Gasteiger partial charge on any atom is 0.338 e. The summed E-state index contributed by atoms with van der Waals surface area (Å²) in [6.07, 6.45) is 2.31. The maximum atomic E-state index is 13.4. The van der Waals surface area contributed by atoms with E-state index in [4.69, 9.17) is 18.6 Å². The number of rotatable bonds is 9. The fourth-order valence-corrected chi connectivity index (χ4v) is 4.60. The fourth-order valence-electron chi connectivity index (χ4n) is 4.60. The summed E-state index contributed by atoms with van der Waals surface area (Å²) in [4.78, 5) is 39.7. The molecule has 202 valence electrons. The molecule has 4 rings (SSSR count). The molecular formula is C29H33NO8. The molecule has 0 aliphatic carbocycles. The number of phenols is 1. The van der Waals surface area contributed by atoms with Crippen molar-refractivity contribution in [3.8, 4) is 17.2 Å². The van der Waals surface area contributed by atoms with Gasteiger partial charge in [-0.3, -0.25) is 14.5 Å². The van der Waals surface area contributed by atoms with Crippen molar-refractivity contribution in [2.75, 3.05) is 26.3 Å². The first kappa shape index (κ1) is 27.2. The summed E-state index contributed by atoms with van der Waals surface area (Å²) in [5.41, 5.74) is 0.774. The van der Waals surface area contributed by atoms with Crippen molar-refractivity contribution in [3.05, 3.63) is 63.5 Å². The van der Waals surface area contributed by atoms with Crippen LogP contribution in [0.25, 0.3) is 11.0 Å². The number of aryl methyl sites for hydroxylation is 1. The Kier molecular flexibility index (Phi) is 8.68. The van der Waals surface area contributed by atoms with E-state index in [1.54, 1.807) is 38.1 Å². The topological polar surface area (TPSA) is 116 Å². The van der Waals surface area contributed by atoms with Gasteiger partial charge in [-0.05, 0) is 76.1 Å². The van der Waals surface area contributed by atoms with E-state index in [9.17, 15) is 19.5 Å². The molecule has 1 fully saturated rings. The lowest BCUT2D eigenvalue weighted by Gasteiger charge is -2.31. The monoisotopic (exact) mass is 523 g/mol. The average Bonchev–Trinajstić information content (AvgIpc) is 2.92. The molecule has 0 bridgehead atoms. The number of carbonyl (C=O) groups excluding carboxylic acids is 2. The van der Waals surface area contributed by atoms with E-state index in [2.05, 4.69) is 4.90 Å². The van der Waals surface area contributed by atoms with Gasteiger partial charge < -0.3 is 23.7 Å². The van der Waals surface area contributed by atoms with Crippen LogP contribution in [0.4, 0.5) is 0 Å². The second kappa shape index (κ2) is 12.1. The van der Waals surface area contributed by atoms with Crippen molar-refractivity contribution in [1.29, 1.82) is 0 Å².